The second-order valence-corrected chi connectivity index (χ2v) is 5.11. The number of imidazole rings is 2. The van der Waals surface area contributed by atoms with Crippen molar-refractivity contribution in [3.8, 4) is 11.5 Å². The number of aromatic nitrogens is 6. The Labute approximate surface area is 127 Å². The first-order chi connectivity index (χ1) is 10.8. The van der Waals surface area contributed by atoms with Crippen molar-refractivity contribution in [2.24, 2.45) is 7.05 Å². The Morgan fingerprint density at radius 3 is 2.64 bits per heavy atom. The Morgan fingerprint density at radius 1 is 1.00 bits per heavy atom. The summed E-state index contributed by atoms with van der Waals surface area (Å²) in [6.07, 6.45) is 7.02. The predicted octanol–water partition coefficient (Wildman–Crippen LogP) is 2.28. The van der Waals surface area contributed by atoms with Gasteiger partial charge in [-0.15, -0.1) is 0 Å². The standard InChI is InChI=1S/C16H14N6/c1-21-8-7-17-15(21)13-14-16(19-10-18-13)22(11-20-14)9-12-5-3-2-4-6-12/h2-8,10-11H,9H2,1H3. The largest absolute Gasteiger partial charge is 0.333 e. The molecule has 0 saturated carbocycles. The third-order valence-corrected chi connectivity index (χ3v) is 3.63. The number of hydrogen-bond acceptors (Lipinski definition) is 4. The molecular formula is C16H14N6. The number of hydrogen-bond donors (Lipinski definition) is 0. The summed E-state index contributed by atoms with van der Waals surface area (Å²) in [6, 6.07) is 10.3. The fraction of sp³-hybridized carbons (Fsp3) is 0.125. The average Bonchev–Trinajstić information content (AvgIpc) is 3.15. The Morgan fingerprint density at radius 2 is 1.86 bits per heavy atom. The van der Waals surface area contributed by atoms with Crippen LogP contribution in [0.2, 0.25) is 0 Å². The number of benzene rings is 1. The molecule has 0 fully saturated rings. The molecule has 4 rings (SSSR count). The van der Waals surface area contributed by atoms with Crippen LogP contribution in [-0.2, 0) is 13.6 Å². The van der Waals surface area contributed by atoms with Crippen molar-refractivity contribution in [3.05, 3.63) is 60.9 Å². The molecule has 6 heteroatoms. The smallest absolute Gasteiger partial charge is 0.164 e. The number of aryl methyl sites for hydroxylation is 1. The van der Waals surface area contributed by atoms with Gasteiger partial charge in [0.1, 0.15) is 17.5 Å². The highest BCUT2D eigenvalue weighted by Crippen LogP contribution is 2.22. The molecule has 22 heavy (non-hydrogen) atoms. The highest BCUT2D eigenvalue weighted by molar-refractivity contribution is 5.84. The van der Waals surface area contributed by atoms with Gasteiger partial charge < -0.3 is 9.13 Å². The maximum atomic E-state index is 4.50. The molecule has 3 aromatic heterocycles. The van der Waals surface area contributed by atoms with Gasteiger partial charge in [-0.1, -0.05) is 30.3 Å². The minimum absolute atomic E-state index is 0.731. The molecule has 0 aliphatic heterocycles. The molecule has 0 aliphatic carbocycles. The lowest BCUT2D eigenvalue weighted by molar-refractivity contribution is 0.813. The monoisotopic (exact) mass is 290 g/mol. The Hall–Kier alpha value is -3.02. The van der Waals surface area contributed by atoms with Crippen LogP contribution < -0.4 is 0 Å². The molecular weight excluding hydrogens is 276 g/mol. The van der Waals surface area contributed by atoms with Gasteiger partial charge in [0.05, 0.1) is 12.9 Å². The molecule has 0 unspecified atom stereocenters. The van der Waals surface area contributed by atoms with Crippen molar-refractivity contribution in [3.63, 3.8) is 0 Å². The lowest BCUT2D eigenvalue weighted by Crippen LogP contribution is -2.00. The van der Waals surface area contributed by atoms with Gasteiger partial charge >= 0.3 is 0 Å². The van der Waals surface area contributed by atoms with Crippen LogP contribution in [0.5, 0.6) is 0 Å². The second-order valence-electron chi connectivity index (χ2n) is 5.11. The molecule has 0 bridgehead atoms. The van der Waals surface area contributed by atoms with E-state index < -0.39 is 0 Å². The van der Waals surface area contributed by atoms with Gasteiger partial charge in [-0.25, -0.2) is 19.9 Å². The summed E-state index contributed by atoms with van der Waals surface area (Å²) in [7, 11) is 1.94. The summed E-state index contributed by atoms with van der Waals surface area (Å²) in [5, 5.41) is 0. The third-order valence-electron chi connectivity index (χ3n) is 3.63. The lowest BCUT2D eigenvalue weighted by atomic mass is 10.2. The van der Waals surface area contributed by atoms with Gasteiger partial charge in [-0.2, -0.15) is 0 Å². The Balaban J connectivity index is 1.82. The minimum atomic E-state index is 0.731. The number of rotatable bonds is 3. The number of fused-ring (bicyclic) bond motifs is 1. The van der Waals surface area contributed by atoms with E-state index in [0.29, 0.717) is 0 Å². The normalized spacial score (nSPS) is 11.1. The summed E-state index contributed by atoms with van der Waals surface area (Å²) in [6.45, 7) is 0.731. The van der Waals surface area contributed by atoms with E-state index in [1.165, 1.54) is 5.56 Å². The van der Waals surface area contributed by atoms with Crippen molar-refractivity contribution in [1.82, 2.24) is 29.1 Å². The molecule has 0 radical (unpaired) electrons. The van der Waals surface area contributed by atoms with E-state index in [0.717, 1.165) is 29.2 Å². The van der Waals surface area contributed by atoms with E-state index in [4.69, 9.17) is 0 Å². The van der Waals surface area contributed by atoms with Crippen LogP contribution in [0, 0.1) is 0 Å². The first-order valence-electron chi connectivity index (χ1n) is 7.00. The molecule has 0 aliphatic rings. The van der Waals surface area contributed by atoms with Crippen LogP contribution in [0.15, 0.2) is 55.4 Å². The van der Waals surface area contributed by atoms with E-state index >= 15 is 0 Å². The van der Waals surface area contributed by atoms with Gasteiger partial charge in [0.25, 0.3) is 0 Å². The second kappa shape index (κ2) is 5.07. The molecule has 3 heterocycles. The zero-order valence-electron chi connectivity index (χ0n) is 12.1. The van der Waals surface area contributed by atoms with Crippen LogP contribution in [0.3, 0.4) is 0 Å². The fourth-order valence-electron chi connectivity index (χ4n) is 2.53. The SMILES string of the molecule is Cn1ccnc1-c1ncnc2c1ncn2Cc1ccccc1. The predicted molar refractivity (Wildman–Crippen MR) is 83.1 cm³/mol. The van der Waals surface area contributed by atoms with Crippen LogP contribution >= 0.6 is 0 Å². The van der Waals surface area contributed by atoms with Crippen LogP contribution in [0.1, 0.15) is 5.56 Å². The highest BCUT2D eigenvalue weighted by atomic mass is 15.1. The first kappa shape index (κ1) is 12.7. The molecule has 108 valence electrons. The molecule has 0 amide bonds. The van der Waals surface area contributed by atoms with Crippen LogP contribution in [0.25, 0.3) is 22.7 Å². The van der Waals surface area contributed by atoms with Crippen LogP contribution in [-0.4, -0.2) is 29.1 Å². The highest BCUT2D eigenvalue weighted by Gasteiger charge is 2.14. The van der Waals surface area contributed by atoms with Crippen molar-refractivity contribution >= 4 is 11.2 Å². The van der Waals surface area contributed by atoms with E-state index in [-0.39, 0.29) is 0 Å². The van der Waals surface area contributed by atoms with Gasteiger partial charge in [0.2, 0.25) is 0 Å². The van der Waals surface area contributed by atoms with E-state index in [2.05, 4.69) is 32.1 Å². The van der Waals surface area contributed by atoms with E-state index in [9.17, 15) is 0 Å². The topological polar surface area (TPSA) is 61.4 Å². The Bertz CT molecular complexity index is 922. The van der Waals surface area contributed by atoms with Gasteiger partial charge in [-0.05, 0) is 5.56 Å². The van der Waals surface area contributed by atoms with Gasteiger partial charge in [-0.3, -0.25) is 0 Å². The maximum absolute atomic E-state index is 4.50. The minimum Gasteiger partial charge on any atom is -0.333 e. The molecule has 4 aromatic rings. The zero-order valence-corrected chi connectivity index (χ0v) is 12.1. The molecule has 0 N–H and O–H groups in total. The maximum Gasteiger partial charge on any atom is 0.164 e. The quantitative estimate of drug-likeness (QED) is 0.581. The van der Waals surface area contributed by atoms with Crippen molar-refractivity contribution in [2.75, 3.05) is 0 Å². The molecule has 1 aromatic carbocycles. The fourth-order valence-corrected chi connectivity index (χ4v) is 2.53. The summed E-state index contributed by atoms with van der Waals surface area (Å²) < 4.78 is 3.96. The third kappa shape index (κ3) is 2.05. The summed E-state index contributed by atoms with van der Waals surface area (Å²) in [5.41, 5.74) is 3.55. The average molecular weight is 290 g/mol. The number of nitrogens with zero attached hydrogens (tertiary/aromatic N) is 6. The van der Waals surface area contributed by atoms with Crippen molar-refractivity contribution in [1.29, 1.82) is 0 Å². The summed E-state index contributed by atoms with van der Waals surface area (Å²) in [5.74, 6) is 0.789. The lowest BCUT2D eigenvalue weighted by Gasteiger charge is -2.05. The van der Waals surface area contributed by atoms with Crippen molar-refractivity contribution < 1.29 is 0 Å². The van der Waals surface area contributed by atoms with Gasteiger partial charge in [0, 0.05) is 19.4 Å². The van der Waals surface area contributed by atoms with Gasteiger partial charge in [0.15, 0.2) is 11.5 Å². The van der Waals surface area contributed by atoms with Crippen molar-refractivity contribution in [2.45, 2.75) is 6.54 Å². The molecule has 0 saturated heterocycles. The first-order valence-corrected chi connectivity index (χ1v) is 7.00. The summed E-state index contributed by atoms with van der Waals surface area (Å²) in [4.78, 5) is 17.6. The molecule has 0 atom stereocenters. The zero-order chi connectivity index (χ0) is 14.9. The van der Waals surface area contributed by atoms with E-state index in [1.54, 1.807) is 18.9 Å². The van der Waals surface area contributed by atoms with Crippen LogP contribution in [0.4, 0.5) is 0 Å². The molecule has 0 spiro atoms. The molecule has 6 nitrogen and oxygen atoms in total. The van der Waals surface area contributed by atoms with E-state index in [1.807, 2.05) is 40.6 Å². The summed E-state index contributed by atoms with van der Waals surface area (Å²) >= 11 is 0. The Kier molecular flexibility index (Phi) is 2.93.